The van der Waals surface area contributed by atoms with Crippen molar-refractivity contribution >= 4 is 22.0 Å². The van der Waals surface area contributed by atoms with Crippen LogP contribution in [0.3, 0.4) is 0 Å². The van der Waals surface area contributed by atoms with Crippen LogP contribution < -0.4 is 0 Å². The fourth-order valence-electron chi connectivity index (χ4n) is 1.08. The van der Waals surface area contributed by atoms with Crippen molar-refractivity contribution in [1.82, 2.24) is 0 Å². The second-order valence-corrected chi connectivity index (χ2v) is 3.52. The Labute approximate surface area is 90.8 Å². The number of benzene rings is 1. The van der Waals surface area contributed by atoms with Crippen molar-refractivity contribution in [2.24, 2.45) is 0 Å². The molecule has 3 heteroatoms. The average molecular weight is 261 g/mol. The number of hydrogen-bond acceptors (Lipinski definition) is 0. The Bertz CT molecular complexity index is 339. The van der Waals surface area contributed by atoms with E-state index in [-0.39, 0.29) is 0 Å². The minimum absolute atomic E-state index is 0.307. The van der Waals surface area contributed by atoms with Gasteiger partial charge in [-0.2, -0.15) is 0 Å². The number of allylic oxidation sites excluding steroid dienone is 1. The Balaban J connectivity index is 3.06. The Morgan fingerprint density at radius 3 is 2.71 bits per heavy atom. The van der Waals surface area contributed by atoms with Gasteiger partial charge >= 0.3 is 0 Å². The summed E-state index contributed by atoms with van der Waals surface area (Å²) in [7, 11) is 0. The molecule has 76 valence electrons. The summed E-state index contributed by atoms with van der Waals surface area (Å²) >= 11 is 3.29. The molecule has 1 aromatic carbocycles. The molecular weight excluding hydrogens is 250 g/mol. The molecule has 0 fully saturated rings. The van der Waals surface area contributed by atoms with Gasteiger partial charge in [0.25, 0.3) is 0 Å². The molecule has 0 unspecified atom stereocenters. The van der Waals surface area contributed by atoms with E-state index in [1.807, 2.05) is 6.92 Å². The van der Waals surface area contributed by atoms with Crippen LogP contribution in [0, 0.1) is 11.6 Å². The molecule has 0 saturated carbocycles. The van der Waals surface area contributed by atoms with Crippen LogP contribution in [-0.2, 0) is 0 Å². The molecule has 0 heterocycles. The van der Waals surface area contributed by atoms with E-state index in [0.717, 1.165) is 24.1 Å². The highest BCUT2D eigenvalue weighted by Crippen LogP contribution is 2.16. The SMILES string of the molecule is CCC(=Cc1cc(F)ccc1F)CBr. The van der Waals surface area contributed by atoms with Gasteiger partial charge in [0.15, 0.2) is 0 Å². The van der Waals surface area contributed by atoms with Gasteiger partial charge in [-0.1, -0.05) is 34.5 Å². The van der Waals surface area contributed by atoms with Crippen LogP contribution >= 0.6 is 15.9 Å². The molecule has 0 amide bonds. The van der Waals surface area contributed by atoms with E-state index in [2.05, 4.69) is 15.9 Å². The second kappa shape index (κ2) is 5.25. The van der Waals surface area contributed by atoms with Gasteiger partial charge in [-0.3, -0.25) is 0 Å². The van der Waals surface area contributed by atoms with E-state index in [4.69, 9.17) is 0 Å². The standard InChI is InChI=1S/C11H11BrF2/c1-2-8(7-12)5-9-6-10(13)3-4-11(9)14/h3-6H,2,7H2,1H3. The van der Waals surface area contributed by atoms with Crippen molar-refractivity contribution in [2.45, 2.75) is 13.3 Å². The fraction of sp³-hybridized carbons (Fsp3) is 0.273. The maximum absolute atomic E-state index is 13.2. The summed E-state index contributed by atoms with van der Waals surface area (Å²) in [5, 5.41) is 0.680. The minimum atomic E-state index is -0.414. The van der Waals surface area contributed by atoms with Crippen molar-refractivity contribution in [2.75, 3.05) is 5.33 Å². The van der Waals surface area contributed by atoms with Crippen LogP contribution in [0.1, 0.15) is 18.9 Å². The lowest BCUT2D eigenvalue weighted by atomic mass is 10.1. The number of rotatable bonds is 3. The van der Waals surface area contributed by atoms with E-state index in [1.165, 1.54) is 6.07 Å². The molecule has 0 aliphatic heterocycles. The average Bonchev–Trinajstić information content (AvgIpc) is 2.19. The van der Waals surface area contributed by atoms with Crippen molar-refractivity contribution in [3.63, 3.8) is 0 Å². The first-order valence-electron chi connectivity index (χ1n) is 4.37. The first kappa shape index (κ1) is 11.4. The van der Waals surface area contributed by atoms with Gasteiger partial charge < -0.3 is 0 Å². The largest absolute Gasteiger partial charge is 0.207 e. The maximum atomic E-state index is 13.2. The predicted octanol–water partition coefficient (Wildman–Crippen LogP) is 4.15. The van der Waals surface area contributed by atoms with Crippen molar-refractivity contribution in [3.8, 4) is 0 Å². The van der Waals surface area contributed by atoms with E-state index in [0.29, 0.717) is 10.9 Å². The monoisotopic (exact) mass is 260 g/mol. The zero-order valence-corrected chi connectivity index (χ0v) is 9.44. The van der Waals surface area contributed by atoms with Crippen molar-refractivity contribution < 1.29 is 8.78 Å². The molecular formula is C11H11BrF2. The van der Waals surface area contributed by atoms with Gasteiger partial charge in [0.2, 0.25) is 0 Å². The Hall–Kier alpha value is -0.700. The summed E-state index contributed by atoms with van der Waals surface area (Å²) in [6.07, 6.45) is 2.49. The van der Waals surface area contributed by atoms with Gasteiger partial charge in [-0.25, -0.2) is 8.78 Å². The van der Waals surface area contributed by atoms with Gasteiger partial charge in [0, 0.05) is 10.9 Å². The first-order valence-corrected chi connectivity index (χ1v) is 5.50. The molecule has 0 aromatic heterocycles. The topological polar surface area (TPSA) is 0 Å². The Morgan fingerprint density at radius 2 is 2.14 bits per heavy atom. The zero-order chi connectivity index (χ0) is 10.6. The van der Waals surface area contributed by atoms with Gasteiger partial charge in [-0.05, 0) is 24.6 Å². The number of alkyl halides is 1. The van der Waals surface area contributed by atoms with E-state index < -0.39 is 11.6 Å². The summed E-state index contributed by atoms with van der Waals surface area (Å²) in [6, 6.07) is 3.46. The third-order valence-corrected chi connectivity index (χ3v) is 2.66. The molecule has 0 aliphatic carbocycles. The summed E-state index contributed by atoms with van der Waals surface area (Å²) in [6.45, 7) is 1.98. The van der Waals surface area contributed by atoms with E-state index in [9.17, 15) is 8.78 Å². The maximum Gasteiger partial charge on any atom is 0.130 e. The van der Waals surface area contributed by atoms with Crippen molar-refractivity contribution in [1.29, 1.82) is 0 Å². The third kappa shape index (κ3) is 2.91. The molecule has 0 radical (unpaired) electrons. The van der Waals surface area contributed by atoms with Crippen LogP contribution in [0.4, 0.5) is 8.78 Å². The van der Waals surface area contributed by atoms with E-state index in [1.54, 1.807) is 6.08 Å². The highest BCUT2D eigenvalue weighted by Gasteiger charge is 2.01. The molecule has 14 heavy (non-hydrogen) atoms. The van der Waals surface area contributed by atoms with Crippen LogP contribution in [0.2, 0.25) is 0 Å². The number of hydrogen-bond donors (Lipinski definition) is 0. The summed E-state index contributed by atoms with van der Waals surface area (Å²) in [5.41, 5.74) is 1.34. The Morgan fingerprint density at radius 1 is 1.43 bits per heavy atom. The molecule has 0 nitrogen and oxygen atoms in total. The smallest absolute Gasteiger partial charge is 0.130 e. The Kier molecular flexibility index (Phi) is 4.26. The van der Waals surface area contributed by atoms with Crippen molar-refractivity contribution in [3.05, 3.63) is 41.0 Å². The lowest BCUT2D eigenvalue weighted by Gasteiger charge is -2.01. The molecule has 0 N–H and O–H groups in total. The van der Waals surface area contributed by atoms with Gasteiger partial charge in [0.05, 0.1) is 0 Å². The lowest BCUT2D eigenvalue weighted by molar-refractivity contribution is 0.598. The van der Waals surface area contributed by atoms with Gasteiger partial charge in [0.1, 0.15) is 11.6 Å². The van der Waals surface area contributed by atoms with Crippen LogP contribution in [-0.4, -0.2) is 5.33 Å². The highest BCUT2D eigenvalue weighted by atomic mass is 79.9. The van der Waals surface area contributed by atoms with Crippen LogP contribution in [0.25, 0.3) is 6.08 Å². The quantitative estimate of drug-likeness (QED) is 0.717. The molecule has 0 aliphatic rings. The normalized spacial score (nSPS) is 11.9. The zero-order valence-electron chi connectivity index (χ0n) is 7.86. The lowest BCUT2D eigenvalue weighted by Crippen LogP contribution is -1.87. The van der Waals surface area contributed by atoms with E-state index >= 15 is 0 Å². The molecule has 0 bridgehead atoms. The predicted molar refractivity (Wildman–Crippen MR) is 58.4 cm³/mol. The molecule has 0 saturated heterocycles. The first-order chi connectivity index (χ1) is 6.67. The highest BCUT2D eigenvalue weighted by molar-refractivity contribution is 9.09. The second-order valence-electron chi connectivity index (χ2n) is 2.96. The van der Waals surface area contributed by atoms with Crippen LogP contribution in [0.5, 0.6) is 0 Å². The molecule has 1 aromatic rings. The molecule has 0 atom stereocenters. The summed E-state index contributed by atoms with van der Waals surface area (Å²) in [5.74, 6) is -0.805. The van der Waals surface area contributed by atoms with Crippen LogP contribution in [0.15, 0.2) is 23.8 Å². The fourth-order valence-corrected chi connectivity index (χ4v) is 1.64. The number of halogens is 3. The summed E-state index contributed by atoms with van der Waals surface area (Å²) in [4.78, 5) is 0. The molecule has 1 rings (SSSR count). The third-order valence-electron chi connectivity index (χ3n) is 1.94. The summed E-state index contributed by atoms with van der Waals surface area (Å²) < 4.78 is 26.0. The molecule has 0 spiro atoms. The van der Waals surface area contributed by atoms with Gasteiger partial charge in [-0.15, -0.1) is 0 Å². The minimum Gasteiger partial charge on any atom is -0.207 e.